The Kier molecular flexibility index (Phi) is 6.79. The summed E-state index contributed by atoms with van der Waals surface area (Å²) in [4.78, 5) is 14.4. The lowest BCUT2D eigenvalue weighted by atomic mass is 9.93. The molecule has 2 saturated heterocycles. The lowest BCUT2D eigenvalue weighted by Gasteiger charge is -2.36. The minimum Gasteiger partial charge on any atom is -0.394 e. The van der Waals surface area contributed by atoms with Crippen LogP contribution in [0.3, 0.4) is 0 Å². The second kappa shape index (κ2) is 8.36. The first-order valence-electron chi connectivity index (χ1n) is 7.97. The van der Waals surface area contributed by atoms with Gasteiger partial charge in [0, 0.05) is 6.04 Å². The van der Waals surface area contributed by atoms with E-state index in [1.165, 1.54) is 12.8 Å². The summed E-state index contributed by atoms with van der Waals surface area (Å²) < 4.78 is 5.56. The van der Waals surface area contributed by atoms with E-state index in [1.807, 2.05) is 11.8 Å². The number of carbonyl (C=O) groups excluding carboxylic acids is 1. The van der Waals surface area contributed by atoms with Gasteiger partial charge in [-0.15, -0.1) is 0 Å². The molecule has 2 aliphatic rings. The van der Waals surface area contributed by atoms with Crippen LogP contribution >= 0.6 is 11.8 Å². The van der Waals surface area contributed by atoms with Crippen LogP contribution < -0.4 is 5.32 Å². The number of nitrogens with zero attached hydrogens (tertiary/aromatic N) is 1. The van der Waals surface area contributed by atoms with Crippen LogP contribution in [0.4, 0.5) is 0 Å². The Bertz CT molecular complexity index is 329. The van der Waals surface area contributed by atoms with Crippen LogP contribution in [0.2, 0.25) is 0 Å². The highest BCUT2D eigenvalue weighted by atomic mass is 32.2. The molecule has 1 unspecified atom stereocenters. The fraction of sp³-hybridized carbons (Fsp3) is 0.933. The van der Waals surface area contributed by atoms with Gasteiger partial charge in [0.15, 0.2) is 0 Å². The van der Waals surface area contributed by atoms with Gasteiger partial charge in [0.1, 0.15) is 6.61 Å². The van der Waals surface area contributed by atoms with E-state index < -0.39 is 5.54 Å². The minimum atomic E-state index is -0.424. The summed E-state index contributed by atoms with van der Waals surface area (Å²) in [5.74, 6) is 1.88. The molecule has 21 heavy (non-hydrogen) atoms. The third-order valence-electron chi connectivity index (χ3n) is 4.51. The van der Waals surface area contributed by atoms with Crippen LogP contribution in [0.15, 0.2) is 0 Å². The van der Waals surface area contributed by atoms with Gasteiger partial charge in [-0.2, -0.15) is 11.8 Å². The van der Waals surface area contributed by atoms with Gasteiger partial charge in [-0.25, -0.2) is 0 Å². The molecule has 1 atom stereocenters. The number of likely N-dealkylation sites (tertiary alicyclic amines) is 1. The van der Waals surface area contributed by atoms with E-state index in [9.17, 15) is 9.90 Å². The molecule has 2 N–H and O–H groups in total. The van der Waals surface area contributed by atoms with Gasteiger partial charge in [0.25, 0.3) is 0 Å². The Hall–Kier alpha value is -0.300. The van der Waals surface area contributed by atoms with E-state index >= 15 is 0 Å². The molecule has 2 heterocycles. The van der Waals surface area contributed by atoms with Crippen molar-refractivity contribution in [2.24, 2.45) is 0 Å². The van der Waals surface area contributed by atoms with E-state index in [2.05, 4.69) is 17.1 Å². The molecule has 0 bridgehead atoms. The van der Waals surface area contributed by atoms with Crippen molar-refractivity contribution in [3.05, 3.63) is 0 Å². The van der Waals surface area contributed by atoms with E-state index in [0.717, 1.165) is 37.4 Å². The summed E-state index contributed by atoms with van der Waals surface area (Å²) in [5, 5.41) is 12.6. The number of hydrogen-bond acceptors (Lipinski definition) is 5. The first kappa shape index (κ1) is 17.1. The third kappa shape index (κ3) is 5.13. The van der Waals surface area contributed by atoms with Crippen molar-refractivity contribution in [2.45, 2.75) is 44.2 Å². The number of aliphatic hydroxyl groups excluding tert-OH is 1. The van der Waals surface area contributed by atoms with E-state index in [1.54, 1.807) is 0 Å². The fourth-order valence-corrected chi connectivity index (χ4v) is 4.30. The normalized spacial score (nSPS) is 23.9. The smallest absolute Gasteiger partial charge is 0.246 e. The van der Waals surface area contributed by atoms with Gasteiger partial charge in [0.2, 0.25) is 5.91 Å². The highest BCUT2D eigenvalue weighted by Crippen LogP contribution is 2.26. The highest BCUT2D eigenvalue weighted by molar-refractivity contribution is 7.99. The van der Waals surface area contributed by atoms with Crippen LogP contribution in [-0.2, 0) is 9.53 Å². The Morgan fingerprint density at radius 1 is 1.38 bits per heavy atom. The van der Waals surface area contributed by atoms with Crippen molar-refractivity contribution in [1.29, 1.82) is 0 Å². The SMILES string of the molecule is CC(COCC(=O)NC1(CO)CCSCC1)N1CCCC1. The molecular weight excluding hydrogens is 288 g/mol. The molecule has 2 fully saturated rings. The standard InChI is InChI=1S/C15H28N2O3S/c1-13(17-6-2-3-7-17)10-20-11-14(19)16-15(12-18)4-8-21-9-5-15/h13,18H,2-12H2,1H3,(H,16,19). The zero-order chi connectivity index (χ0) is 15.1. The van der Waals surface area contributed by atoms with Crippen LogP contribution in [0, 0.1) is 0 Å². The number of aliphatic hydroxyl groups is 1. The molecular formula is C15H28N2O3S. The summed E-state index contributed by atoms with van der Waals surface area (Å²) >= 11 is 1.88. The second-order valence-corrected chi connectivity index (χ2v) is 7.43. The third-order valence-corrected chi connectivity index (χ3v) is 5.50. The zero-order valence-corrected chi connectivity index (χ0v) is 13.8. The fourth-order valence-electron chi connectivity index (χ4n) is 3.03. The molecule has 0 spiro atoms. The van der Waals surface area contributed by atoms with Crippen molar-refractivity contribution >= 4 is 17.7 Å². The molecule has 0 aromatic rings. The van der Waals surface area contributed by atoms with Crippen molar-refractivity contribution in [1.82, 2.24) is 10.2 Å². The van der Waals surface area contributed by atoms with Crippen molar-refractivity contribution in [2.75, 3.05) is 44.4 Å². The summed E-state index contributed by atoms with van der Waals surface area (Å²) in [7, 11) is 0. The number of rotatable bonds is 7. The number of thioether (sulfide) groups is 1. The largest absolute Gasteiger partial charge is 0.394 e. The summed E-state index contributed by atoms with van der Waals surface area (Å²) in [6, 6.07) is 0.373. The Labute approximate surface area is 131 Å². The van der Waals surface area contributed by atoms with E-state index in [-0.39, 0.29) is 19.1 Å². The average molecular weight is 316 g/mol. The molecule has 6 heteroatoms. The molecule has 0 aromatic carbocycles. The van der Waals surface area contributed by atoms with Gasteiger partial charge in [0.05, 0.1) is 18.8 Å². The maximum atomic E-state index is 12.0. The first-order chi connectivity index (χ1) is 10.2. The van der Waals surface area contributed by atoms with Gasteiger partial charge in [-0.1, -0.05) is 0 Å². The first-order valence-corrected chi connectivity index (χ1v) is 9.12. The Morgan fingerprint density at radius 2 is 2.05 bits per heavy atom. The van der Waals surface area contributed by atoms with Crippen molar-refractivity contribution < 1.29 is 14.6 Å². The Balaban J connectivity index is 1.66. The van der Waals surface area contributed by atoms with Crippen LogP contribution in [0.25, 0.3) is 0 Å². The van der Waals surface area contributed by atoms with E-state index in [4.69, 9.17) is 4.74 Å². The molecule has 1 amide bonds. The maximum Gasteiger partial charge on any atom is 0.246 e. The van der Waals surface area contributed by atoms with Crippen molar-refractivity contribution in [3.8, 4) is 0 Å². The number of ether oxygens (including phenoxy) is 1. The monoisotopic (exact) mass is 316 g/mol. The number of hydrogen-bond donors (Lipinski definition) is 2. The molecule has 0 saturated carbocycles. The van der Waals surface area contributed by atoms with Gasteiger partial charge in [-0.05, 0) is 57.2 Å². The summed E-state index contributed by atoms with van der Waals surface area (Å²) in [6.45, 7) is 5.13. The number of nitrogens with one attached hydrogen (secondary N) is 1. The van der Waals surface area contributed by atoms with Crippen LogP contribution in [0.5, 0.6) is 0 Å². The summed E-state index contributed by atoms with van der Waals surface area (Å²) in [5.41, 5.74) is -0.424. The Morgan fingerprint density at radius 3 is 2.67 bits per heavy atom. The van der Waals surface area contributed by atoms with Crippen molar-refractivity contribution in [3.63, 3.8) is 0 Å². The number of carbonyl (C=O) groups is 1. The van der Waals surface area contributed by atoms with Gasteiger partial charge < -0.3 is 15.2 Å². The molecule has 2 rings (SSSR count). The lowest BCUT2D eigenvalue weighted by molar-refractivity contribution is -0.129. The quantitative estimate of drug-likeness (QED) is 0.729. The molecule has 122 valence electrons. The molecule has 0 aromatic heterocycles. The minimum absolute atomic E-state index is 0.0173. The molecule has 2 aliphatic heterocycles. The predicted molar refractivity (Wildman–Crippen MR) is 85.6 cm³/mol. The highest BCUT2D eigenvalue weighted by Gasteiger charge is 2.33. The lowest BCUT2D eigenvalue weighted by Crippen LogP contribution is -2.54. The predicted octanol–water partition coefficient (Wildman–Crippen LogP) is 0.862. The van der Waals surface area contributed by atoms with Crippen LogP contribution in [-0.4, -0.2) is 71.9 Å². The maximum absolute atomic E-state index is 12.0. The van der Waals surface area contributed by atoms with E-state index in [0.29, 0.717) is 12.6 Å². The van der Waals surface area contributed by atoms with Gasteiger partial charge in [-0.3, -0.25) is 9.69 Å². The average Bonchev–Trinajstić information content (AvgIpc) is 3.02. The number of amides is 1. The summed E-state index contributed by atoms with van der Waals surface area (Å²) in [6.07, 6.45) is 4.21. The zero-order valence-electron chi connectivity index (χ0n) is 13.0. The van der Waals surface area contributed by atoms with Crippen LogP contribution in [0.1, 0.15) is 32.6 Å². The second-order valence-electron chi connectivity index (χ2n) is 6.21. The molecule has 0 radical (unpaired) electrons. The van der Waals surface area contributed by atoms with Gasteiger partial charge >= 0.3 is 0 Å². The molecule has 0 aliphatic carbocycles. The topological polar surface area (TPSA) is 61.8 Å². The molecule has 5 nitrogen and oxygen atoms in total.